The molecule has 2 amide bonds. The lowest BCUT2D eigenvalue weighted by Crippen LogP contribution is -2.32. The molecule has 2 aliphatic rings. The highest BCUT2D eigenvalue weighted by atomic mass is 32.1. The molecular formula is C13H16N4O2S. The van der Waals surface area contributed by atoms with Crippen molar-refractivity contribution in [1.82, 2.24) is 10.4 Å². The number of aryl methyl sites for hydroxylation is 1. The van der Waals surface area contributed by atoms with E-state index >= 15 is 0 Å². The molecule has 7 heteroatoms. The predicted molar refractivity (Wildman–Crippen MR) is 76.7 cm³/mol. The summed E-state index contributed by atoms with van der Waals surface area (Å²) in [7, 11) is 0. The minimum Gasteiger partial charge on any atom is -0.297 e. The fourth-order valence-electron chi connectivity index (χ4n) is 2.40. The highest BCUT2D eigenvalue weighted by molar-refractivity contribution is 7.16. The van der Waals surface area contributed by atoms with Crippen molar-refractivity contribution in [3.05, 3.63) is 10.6 Å². The van der Waals surface area contributed by atoms with E-state index in [1.54, 1.807) is 11.3 Å². The molecule has 0 saturated heterocycles. The number of anilines is 1. The van der Waals surface area contributed by atoms with Crippen LogP contribution in [0.3, 0.4) is 0 Å². The Labute approximate surface area is 120 Å². The van der Waals surface area contributed by atoms with E-state index in [0.29, 0.717) is 29.6 Å². The molecule has 0 spiro atoms. The number of hydrogen-bond donors (Lipinski definition) is 2. The Morgan fingerprint density at radius 2 is 2.25 bits per heavy atom. The Kier molecular flexibility index (Phi) is 3.52. The lowest BCUT2D eigenvalue weighted by Gasteiger charge is -2.15. The maximum atomic E-state index is 12.0. The molecule has 0 saturated carbocycles. The van der Waals surface area contributed by atoms with E-state index < -0.39 is 0 Å². The maximum absolute atomic E-state index is 12.0. The quantitative estimate of drug-likeness (QED) is 0.866. The van der Waals surface area contributed by atoms with E-state index in [-0.39, 0.29) is 11.8 Å². The van der Waals surface area contributed by atoms with Gasteiger partial charge in [-0.2, -0.15) is 5.10 Å². The lowest BCUT2D eigenvalue weighted by atomic mass is 9.93. The van der Waals surface area contributed by atoms with Crippen molar-refractivity contribution in [2.45, 2.75) is 39.0 Å². The van der Waals surface area contributed by atoms with Gasteiger partial charge in [-0.25, -0.2) is 10.4 Å². The zero-order valence-corrected chi connectivity index (χ0v) is 12.0. The van der Waals surface area contributed by atoms with Crippen LogP contribution in [0.15, 0.2) is 5.10 Å². The maximum Gasteiger partial charge on any atom is 0.273 e. The van der Waals surface area contributed by atoms with Crippen molar-refractivity contribution >= 4 is 34.0 Å². The first-order valence-corrected chi connectivity index (χ1v) is 7.59. The Bertz CT molecular complexity index is 593. The van der Waals surface area contributed by atoms with E-state index in [1.165, 1.54) is 4.88 Å². The smallest absolute Gasteiger partial charge is 0.273 e. The molecule has 1 aromatic rings. The van der Waals surface area contributed by atoms with Crippen molar-refractivity contribution in [3.8, 4) is 0 Å². The van der Waals surface area contributed by atoms with Gasteiger partial charge in [0.15, 0.2) is 5.13 Å². The molecule has 0 unspecified atom stereocenters. The number of thiazole rings is 1. The average molecular weight is 292 g/mol. The summed E-state index contributed by atoms with van der Waals surface area (Å²) in [5, 5.41) is 7.20. The zero-order valence-electron chi connectivity index (χ0n) is 11.2. The molecule has 1 atom stereocenters. The fraction of sp³-hybridized carbons (Fsp3) is 0.538. The third-order valence-corrected chi connectivity index (χ3v) is 4.61. The SMILES string of the molecule is C[C@H]1CCc2nc(NC(=O)C3=NNC(=O)CC3)sc2C1. The molecule has 0 fully saturated rings. The molecule has 0 bridgehead atoms. The molecule has 1 aliphatic heterocycles. The van der Waals surface area contributed by atoms with Gasteiger partial charge < -0.3 is 0 Å². The molecule has 1 aromatic heterocycles. The van der Waals surface area contributed by atoms with E-state index in [1.807, 2.05) is 0 Å². The van der Waals surface area contributed by atoms with E-state index in [9.17, 15) is 9.59 Å². The molecule has 3 rings (SSSR count). The number of hydrazone groups is 1. The first kappa shape index (κ1) is 13.2. The third-order valence-electron chi connectivity index (χ3n) is 3.57. The number of carbonyl (C=O) groups excluding carboxylic acids is 2. The van der Waals surface area contributed by atoms with Crippen LogP contribution in [0.4, 0.5) is 5.13 Å². The highest BCUT2D eigenvalue weighted by Gasteiger charge is 2.22. The molecule has 2 N–H and O–H groups in total. The fourth-order valence-corrected chi connectivity index (χ4v) is 3.57. The van der Waals surface area contributed by atoms with Crippen LogP contribution in [0.25, 0.3) is 0 Å². The lowest BCUT2D eigenvalue weighted by molar-refractivity contribution is -0.121. The number of nitrogens with one attached hydrogen (secondary N) is 2. The van der Waals surface area contributed by atoms with Crippen LogP contribution in [-0.4, -0.2) is 22.5 Å². The van der Waals surface area contributed by atoms with Gasteiger partial charge in [-0.15, -0.1) is 11.3 Å². The Hall–Kier alpha value is -1.76. The molecule has 20 heavy (non-hydrogen) atoms. The van der Waals surface area contributed by atoms with Gasteiger partial charge in [-0.05, 0) is 25.2 Å². The standard InChI is InChI=1S/C13H16N4O2S/c1-7-2-3-8-10(6-7)20-13(14-8)15-12(19)9-4-5-11(18)17-16-9/h7H,2-6H2,1H3,(H,17,18)(H,14,15,19)/t7-/m0/s1. The normalized spacial score (nSPS) is 21.8. The number of amides is 2. The van der Waals surface area contributed by atoms with Crippen LogP contribution in [-0.2, 0) is 22.4 Å². The topological polar surface area (TPSA) is 83.4 Å². The van der Waals surface area contributed by atoms with Gasteiger partial charge in [0, 0.05) is 17.7 Å². The van der Waals surface area contributed by atoms with Crippen LogP contribution in [0, 0.1) is 5.92 Å². The summed E-state index contributed by atoms with van der Waals surface area (Å²) in [6, 6.07) is 0. The number of nitrogens with zero attached hydrogens (tertiary/aromatic N) is 2. The van der Waals surface area contributed by atoms with Crippen molar-refractivity contribution in [3.63, 3.8) is 0 Å². The summed E-state index contributed by atoms with van der Waals surface area (Å²) in [6.45, 7) is 2.24. The van der Waals surface area contributed by atoms with Crippen LogP contribution in [0.1, 0.15) is 36.8 Å². The molecule has 106 valence electrons. The van der Waals surface area contributed by atoms with Gasteiger partial charge >= 0.3 is 0 Å². The molecule has 0 aromatic carbocycles. The number of carbonyl (C=O) groups is 2. The summed E-state index contributed by atoms with van der Waals surface area (Å²) < 4.78 is 0. The summed E-state index contributed by atoms with van der Waals surface area (Å²) in [5.41, 5.74) is 3.79. The van der Waals surface area contributed by atoms with E-state index in [0.717, 1.165) is 25.0 Å². The first-order chi connectivity index (χ1) is 9.61. The molecule has 2 heterocycles. The van der Waals surface area contributed by atoms with E-state index in [4.69, 9.17) is 0 Å². The minimum atomic E-state index is -0.274. The Morgan fingerprint density at radius 3 is 3.00 bits per heavy atom. The van der Waals surface area contributed by atoms with Gasteiger partial charge in [0.1, 0.15) is 5.71 Å². The number of hydrogen-bond acceptors (Lipinski definition) is 5. The second-order valence-corrected chi connectivity index (χ2v) is 6.37. The zero-order chi connectivity index (χ0) is 14.1. The summed E-state index contributed by atoms with van der Waals surface area (Å²) in [4.78, 5) is 28.8. The predicted octanol–water partition coefficient (Wildman–Crippen LogP) is 1.47. The second kappa shape index (κ2) is 5.32. The van der Waals surface area contributed by atoms with Crippen LogP contribution in [0.5, 0.6) is 0 Å². The van der Waals surface area contributed by atoms with Crippen LogP contribution < -0.4 is 10.7 Å². The largest absolute Gasteiger partial charge is 0.297 e. The summed E-state index contributed by atoms with van der Waals surface area (Å²) >= 11 is 1.55. The summed E-state index contributed by atoms with van der Waals surface area (Å²) in [6.07, 6.45) is 3.86. The van der Waals surface area contributed by atoms with Gasteiger partial charge in [-0.3, -0.25) is 14.9 Å². The summed E-state index contributed by atoms with van der Waals surface area (Å²) in [5.74, 6) is 0.258. The van der Waals surface area contributed by atoms with E-state index in [2.05, 4.69) is 27.8 Å². The number of rotatable bonds is 2. The van der Waals surface area contributed by atoms with Gasteiger partial charge in [0.25, 0.3) is 5.91 Å². The molecular weight excluding hydrogens is 276 g/mol. The molecule has 0 radical (unpaired) electrons. The van der Waals surface area contributed by atoms with Crippen LogP contribution >= 0.6 is 11.3 Å². The Morgan fingerprint density at radius 1 is 1.40 bits per heavy atom. The van der Waals surface area contributed by atoms with Crippen LogP contribution in [0.2, 0.25) is 0 Å². The number of fused-ring (bicyclic) bond motifs is 1. The highest BCUT2D eigenvalue weighted by Crippen LogP contribution is 2.32. The molecule has 6 nitrogen and oxygen atoms in total. The van der Waals surface area contributed by atoms with Crippen molar-refractivity contribution in [2.75, 3.05) is 5.32 Å². The average Bonchev–Trinajstić information content (AvgIpc) is 2.80. The molecule has 1 aliphatic carbocycles. The van der Waals surface area contributed by atoms with Crippen molar-refractivity contribution in [2.24, 2.45) is 11.0 Å². The Balaban J connectivity index is 1.69. The second-order valence-electron chi connectivity index (χ2n) is 5.28. The monoisotopic (exact) mass is 292 g/mol. The van der Waals surface area contributed by atoms with Gasteiger partial charge in [0.2, 0.25) is 5.91 Å². The minimum absolute atomic E-state index is 0.153. The van der Waals surface area contributed by atoms with Crippen molar-refractivity contribution in [1.29, 1.82) is 0 Å². The van der Waals surface area contributed by atoms with Gasteiger partial charge in [0.05, 0.1) is 5.69 Å². The van der Waals surface area contributed by atoms with Gasteiger partial charge in [-0.1, -0.05) is 6.92 Å². The van der Waals surface area contributed by atoms with Crippen molar-refractivity contribution < 1.29 is 9.59 Å². The number of aromatic nitrogens is 1. The first-order valence-electron chi connectivity index (χ1n) is 6.77. The third kappa shape index (κ3) is 2.72.